The van der Waals surface area contributed by atoms with Crippen LogP contribution in [0.15, 0.2) is 60.0 Å². The molecule has 7 nitrogen and oxygen atoms in total. The molecule has 0 amide bonds. The number of pyridine rings is 1. The largest absolute Gasteiger partial charge is 0.383 e. The number of nitrogen functional groups attached to an aromatic ring is 1. The minimum atomic E-state index is 0.352. The van der Waals surface area contributed by atoms with Gasteiger partial charge in [0, 0.05) is 40.8 Å². The van der Waals surface area contributed by atoms with Crippen molar-refractivity contribution in [2.45, 2.75) is 18.9 Å². The van der Waals surface area contributed by atoms with Crippen LogP contribution in [0, 0.1) is 0 Å². The van der Waals surface area contributed by atoms with Crippen LogP contribution < -0.4 is 22.3 Å². The molecule has 0 bridgehead atoms. The van der Waals surface area contributed by atoms with Crippen molar-refractivity contribution in [3.8, 4) is 11.1 Å². The number of benzene rings is 1. The number of piperidine rings is 1. The molecule has 164 valence electrons. The molecule has 31 heavy (non-hydrogen) atoms. The summed E-state index contributed by atoms with van der Waals surface area (Å²) in [6, 6.07) is 11.8. The lowest BCUT2D eigenvalue weighted by Crippen LogP contribution is -2.31. The van der Waals surface area contributed by atoms with Gasteiger partial charge in [0.05, 0.1) is 18.4 Å². The van der Waals surface area contributed by atoms with E-state index in [0.717, 1.165) is 37.1 Å². The Kier molecular flexibility index (Phi) is 8.00. The van der Waals surface area contributed by atoms with Gasteiger partial charge in [-0.15, -0.1) is 0 Å². The van der Waals surface area contributed by atoms with Crippen LogP contribution in [0.25, 0.3) is 11.1 Å². The summed E-state index contributed by atoms with van der Waals surface area (Å²) in [5, 5.41) is 4.00. The van der Waals surface area contributed by atoms with E-state index in [1.165, 1.54) is 0 Å². The lowest BCUT2D eigenvalue weighted by Gasteiger charge is -2.24. The van der Waals surface area contributed by atoms with Crippen molar-refractivity contribution < 1.29 is 4.39 Å². The first-order chi connectivity index (χ1) is 15.1. The molecule has 0 saturated carbocycles. The summed E-state index contributed by atoms with van der Waals surface area (Å²) in [6.45, 7) is 2.11. The first-order valence-corrected chi connectivity index (χ1v) is 10.3. The van der Waals surface area contributed by atoms with Crippen molar-refractivity contribution in [1.82, 2.24) is 20.3 Å². The molecule has 1 saturated heterocycles. The molecule has 9 heteroatoms. The first-order valence-electron chi connectivity index (χ1n) is 9.97. The smallest absolute Gasteiger partial charge is 0.151 e. The molecule has 2 aromatic heterocycles. The number of aromatic nitrogens is 2. The highest BCUT2D eigenvalue weighted by atomic mass is 35.5. The number of nitrogens with one attached hydrogen (secondary N) is 2. The Balaban J connectivity index is 0.00000132. The zero-order valence-corrected chi connectivity index (χ0v) is 18.1. The lowest BCUT2D eigenvalue weighted by molar-refractivity contribution is 0.369. The van der Waals surface area contributed by atoms with E-state index in [4.69, 9.17) is 23.2 Å². The molecular formula is C22H27ClFN7. The zero-order chi connectivity index (χ0) is 22.2. The highest BCUT2D eigenvalue weighted by molar-refractivity contribution is 6.30. The van der Waals surface area contributed by atoms with E-state index in [2.05, 4.69) is 43.7 Å². The minimum Gasteiger partial charge on any atom is -0.383 e. The van der Waals surface area contributed by atoms with Crippen molar-refractivity contribution in [1.29, 1.82) is 0 Å². The number of amidine groups is 1. The van der Waals surface area contributed by atoms with Gasteiger partial charge in [-0.05, 0) is 56.3 Å². The number of hydrazine groups is 1. The van der Waals surface area contributed by atoms with Crippen LogP contribution in [0.3, 0.4) is 0 Å². The second-order valence-corrected chi connectivity index (χ2v) is 7.51. The third kappa shape index (κ3) is 5.61. The Bertz CT molecular complexity index is 1030. The summed E-state index contributed by atoms with van der Waals surface area (Å²) in [5.74, 6) is 6.52. The Morgan fingerprint density at radius 1 is 1.23 bits per heavy atom. The normalized spacial score (nSPS) is 14.6. The fraction of sp³-hybridized carbons (Fsp3) is 0.273. The van der Waals surface area contributed by atoms with Gasteiger partial charge in [0.1, 0.15) is 5.82 Å². The van der Waals surface area contributed by atoms with Gasteiger partial charge >= 0.3 is 0 Å². The number of rotatable bonds is 4. The summed E-state index contributed by atoms with van der Waals surface area (Å²) in [5.41, 5.74) is 12.1. The van der Waals surface area contributed by atoms with Crippen molar-refractivity contribution >= 4 is 28.9 Å². The molecule has 6 N–H and O–H groups in total. The molecule has 1 aromatic carbocycles. The van der Waals surface area contributed by atoms with Crippen molar-refractivity contribution in [3.63, 3.8) is 0 Å². The standard InChI is InChI=1S/C21H24ClN7.CH3F/c22-16-2-1-3-17(11-16)27-21(28-24)19-10-15(12-26-20(19)23)14-6-9-29(13-14)18-4-7-25-8-5-18;1-2/h1-3,6,9-13,18,25H,4-5,7-8,24H2,(H2,23,26)(H,27,28);1H3. The van der Waals surface area contributed by atoms with Crippen LogP contribution in [0.2, 0.25) is 5.02 Å². The second kappa shape index (κ2) is 10.9. The summed E-state index contributed by atoms with van der Waals surface area (Å²) in [4.78, 5) is 8.91. The van der Waals surface area contributed by atoms with Gasteiger partial charge in [-0.25, -0.2) is 15.8 Å². The van der Waals surface area contributed by atoms with Gasteiger partial charge < -0.3 is 21.0 Å². The van der Waals surface area contributed by atoms with E-state index in [1.54, 1.807) is 18.3 Å². The number of hydrogen-bond donors (Lipinski definition) is 4. The molecule has 0 atom stereocenters. The molecule has 1 aliphatic rings. The van der Waals surface area contributed by atoms with Crippen molar-refractivity contribution in [3.05, 3.63) is 65.6 Å². The Morgan fingerprint density at radius 2 is 2.00 bits per heavy atom. The highest BCUT2D eigenvalue weighted by Gasteiger charge is 2.16. The van der Waals surface area contributed by atoms with Crippen LogP contribution in [-0.4, -0.2) is 35.7 Å². The topological polar surface area (TPSA) is 106 Å². The van der Waals surface area contributed by atoms with Crippen LogP contribution in [0.1, 0.15) is 24.4 Å². The van der Waals surface area contributed by atoms with Gasteiger partial charge in [0.25, 0.3) is 0 Å². The summed E-state index contributed by atoms with van der Waals surface area (Å²) >= 11 is 6.06. The molecule has 4 rings (SSSR count). The average Bonchev–Trinajstić information content (AvgIpc) is 3.30. The third-order valence-electron chi connectivity index (χ3n) is 5.14. The maximum Gasteiger partial charge on any atom is 0.151 e. The highest BCUT2D eigenvalue weighted by Crippen LogP contribution is 2.27. The van der Waals surface area contributed by atoms with Crippen LogP contribution >= 0.6 is 11.6 Å². The number of anilines is 1. The van der Waals surface area contributed by atoms with Gasteiger partial charge in [0.15, 0.2) is 5.84 Å². The molecule has 3 heterocycles. The molecular weight excluding hydrogens is 417 g/mol. The van der Waals surface area contributed by atoms with E-state index in [0.29, 0.717) is 41.1 Å². The zero-order valence-electron chi connectivity index (χ0n) is 17.4. The first kappa shape index (κ1) is 22.7. The van der Waals surface area contributed by atoms with Crippen molar-refractivity contribution in [2.75, 3.05) is 26.0 Å². The number of halogens is 2. The van der Waals surface area contributed by atoms with Crippen LogP contribution in [0.4, 0.5) is 15.9 Å². The Morgan fingerprint density at radius 3 is 2.71 bits per heavy atom. The number of nitrogens with zero attached hydrogens (tertiary/aromatic N) is 3. The minimum absolute atomic E-state index is 0.352. The van der Waals surface area contributed by atoms with Gasteiger partial charge in [0.2, 0.25) is 0 Å². The fourth-order valence-corrected chi connectivity index (χ4v) is 3.77. The third-order valence-corrected chi connectivity index (χ3v) is 5.37. The Hall–Kier alpha value is -2.94. The average molecular weight is 444 g/mol. The van der Waals surface area contributed by atoms with Crippen molar-refractivity contribution in [2.24, 2.45) is 10.8 Å². The molecule has 1 fully saturated rings. The Labute approximate surface area is 186 Å². The SMILES string of the molecule is CF.NNC(=Nc1cccc(Cl)c1)c1cc(-c2ccn(C3CCNCC3)c2)cnc1N. The molecule has 1 aliphatic heterocycles. The van der Waals surface area contributed by atoms with E-state index in [9.17, 15) is 4.39 Å². The molecule has 0 aliphatic carbocycles. The molecule has 3 aromatic rings. The summed E-state index contributed by atoms with van der Waals surface area (Å²) < 4.78 is 11.8. The maximum absolute atomic E-state index is 9.50. The van der Waals surface area contributed by atoms with Crippen LogP contribution in [-0.2, 0) is 0 Å². The monoisotopic (exact) mass is 443 g/mol. The van der Waals surface area contributed by atoms with E-state index in [-0.39, 0.29) is 0 Å². The van der Waals surface area contributed by atoms with Crippen LogP contribution in [0.5, 0.6) is 0 Å². The fourth-order valence-electron chi connectivity index (χ4n) is 3.58. The predicted octanol–water partition coefficient (Wildman–Crippen LogP) is 3.84. The summed E-state index contributed by atoms with van der Waals surface area (Å²) in [7, 11) is 0.500. The summed E-state index contributed by atoms with van der Waals surface area (Å²) in [6.07, 6.45) is 8.33. The molecule has 0 radical (unpaired) electrons. The van der Waals surface area contributed by atoms with E-state index >= 15 is 0 Å². The quantitative estimate of drug-likeness (QED) is 0.212. The second-order valence-electron chi connectivity index (χ2n) is 7.07. The van der Waals surface area contributed by atoms with E-state index < -0.39 is 0 Å². The van der Waals surface area contributed by atoms with E-state index in [1.807, 2.05) is 18.2 Å². The number of alkyl halides is 1. The maximum atomic E-state index is 9.50. The number of nitrogens with two attached hydrogens (primary N) is 2. The predicted molar refractivity (Wildman–Crippen MR) is 125 cm³/mol. The van der Waals surface area contributed by atoms with Gasteiger partial charge in [-0.1, -0.05) is 17.7 Å². The molecule has 0 spiro atoms. The van der Waals surface area contributed by atoms with Gasteiger partial charge in [-0.2, -0.15) is 0 Å². The lowest BCUT2D eigenvalue weighted by atomic mass is 10.1. The van der Waals surface area contributed by atoms with Gasteiger partial charge in [-0.3, -0.25) is 4.39 Å². The number of aliphatic imine (C=N–C) groups is 1. The number of hydrogen-bond acceptors (Lipinski definition) is 5. The molecule has 0 unspecified atom stereocenters.